The summed E-state index contributed by atoms with van der Waals surface area (Å²) in [6, 6.07) is 0. The van der Waals surface area contributed by atoms with E-state index in [1.807, 2.05) is 0 Å². The minimum absolute atomic E-state index is 0.0530. The molecule has 17 heavy (non-hydrogen) atoms. The van der Waals surface area contributed by atoms with E-state index in [1.54, 1.807) is 4.90 Å². The highest BCUT2D eigenvalue weighted by Gasteiger charge is 2.51. The third-order valence-corrected chi connectivity index (χ3v) is 3.68. The van der Waals surface area contributed by atoms with E-state index in [-0.39, 0.29) is 31.0 Å². The average Bonchev–Trinajstić information content (AvgIpc) is 2.23. The number of carbonyl (C=O) groups excluding carboxylic acids is 1. The molecular formula is C12H17F2NO2. The van der Waals surface area contributed by atoms with Gasteiger partial charge in [0.15, 0.2) is 0 Å². The topological polar surface area (TPSA) is 29.5 Å². The highest BCUT2D eigenvalue weighted by molar-refractivity contribution is 5.69. The fraction of sp³-hybridized carbons (Fsp3) is 0.750. The van der Waals surface area contributed by atoms with Crippen molar-refractivity contribution in [1.82, 2.24) is 4.90 Å². The van der Waals surface area contributed by atoms with E-state index in [0.717, 1.165) is 0 Å². The van der Waals surface area contributed by atoms with Gasteiger partial charge in [-0.05, 0) is 12.8 Å². The standard InChI is InChI=1S/C12H17F2NO2/c1-2-7-17-10(16)15-8-11(9-15)3-5-12(13,14)6-4-11/h2H,1,3-9H2. The summed E-state index contributed by atoms with van der Waals surface area (Å²) in [6.07, 6.45) is 2.05. The molecule has 1 saturated heterocycles. The number of amides is 1. The Labute approximate surface area is 99.4 Å². The first-order valence-corrected chi connectivity index (χ1v) is 5.87. The van der Waals surface area contributed by atoms with Crippen molar-refractivity contribution < 1.29 is 18.3 Å². The summed E-state index contributed by atoms with van der Waals surface area (Å²) in [4.78, 5) is 13.0. The lowest BCUT2D eigenvalue weighted by molar-refractivity contribution is -0.106. The second-order valence-electron chi connectivity index (χ2n) is 5.08. The molecule has 2 fully saturated rings. The van der Waals surface area contributed by atoms with Crippen molar-refractivity contribution in [3.05, 3.63) is 12.7 Å². The van der Waals surface area contributed by atoms with Crippen molar-refractivity contribution in [3.63, 3.8) is 0 Å². The second-order valence-corrected chi connectivity index (χ2v) is 5.08. The molecule has 0 radical (unpaired) electrons. The van der Waals surface area contributed by atoms with E-state index < -0.39 is 5.92 Å². The van der Waals surface area contributed by atoms with Gasteiger partial charge in [-0.3, -0.25) is 0 Å². The molecule has 1 aliphatic carbocycles. The zero-order chi connectivity index (χ0) is 12.5. The molecule has 0 aromatic carbocycles. The van der Waals surface area contributed by atoms with Crippen LogP contribution in [0.1, 0.15) is 25.7 Å². The summed E-state index contributed by atoms with van der Waals surface area (Å²) < 4.78 is 30.9. The van der Waals surface area contributed by atoms with Crippen molar-refractivity contribution in [2.24, 2.45) is 5.41 Å². The number of carbonyl (C=O) groups is 1. The van der Waals surface area contributed by atoms with Gasteiger partial charge in [0.25, 0.3) is 0 Å². The third kappa shape index (κ3) is 2.58. The highest BCUT2D eigenvalue weighted by Crippen LogP contribution is 2.48. The van der Waals surface area contributed by atoms with Crippen molar-refractivity contribution in [1.29, 1.82) is 0 Å². The Balaban J connectivity index is 1.78. The van der Waals surface area contributed by atoms with Crippen LogP contribution in [0, 0.1) is 5.41 Å². The van der Waals surface area contributed by atoms with Gasteiger partial charge in [0.05, 0.1) is 0 Å². The number of hydrogen-bond acceptors (Lipinski definition) is 2. The monoisotopic (exact) mass is 245 g/mol. The summed E-state index contributed by atoms with van der Waals surface area (Å²) >= 11 is 0. The van der Waals surface area contributed by atoms with Gasteiger partial charge in [0.1, 0.15) is 6.61 Å². The number of likely N-dealkylation sites (tertiary alicyclic amines) is 1. The zero-order valence-electron chi connectivity index (χ0n) is 9.75. The van der Waals surface area contributed by atoms with Crippen LogP contribution < -0.4 is 0 Å². The Morgan fingerprint density at radius 3 is 2.41 bits per heavy atom. The van der Waals surface area contributed by atoms with Crippen molar-refractivity contribution in [2.75, 3.05) is 19.7 Å². The minimum atomic E-state index is -2.50. The maximum Gasteiger partial charge on any atom is 0.410 e. The lowest BCUT2D eigenvalue weighted by Crippen LogP contribution is -2.60. The fourth-order valence-corrected chi connectivity index (χ4v) is 2.58. The van der Waals surface area contributed by atoms with Gasteiger partial charge in [0.2, 0.25) is 5.92 Å². The van der Waals surface area contributed by atoms with Crippen LogP contribution >= 0.6 is 0 Å². The van der Waals surface area contributed by atoms with Crippen molar-refractivity contribution in [3.8, 4) is 0 Å². The SMILES string of the molecule is C=CCOC(=O)N1CC2(CCC(F)(F)CC2)C1. The van der Waals surface area contributed by atoms with Gasteiger partial charge in [-0.15, -0.1) is 0 Å². The van der Waals surface area contributed by atoms with Gasteiger partial charge in [-0.2, -0.15) is 0 Å². The van der Waals surface area contributed by atoms with Crippen molar-refractivity contribution >= 4 is 6.09 Å². The molecule has 1 heterocycles. The zero-order valence-corrected chi connectivity index (χ0v) is 9.75. The minimum Gasteiger partial charge on any atom is -0.445 e. The highest BCUT2D eigenvalue weighted by atomic mass is 19.3. The average molecular weight is 245 g/mol. The summed E-state index contributed by atoms with van der Waals surface area (Å²) in [7, 11) is 0. The fourth-order valence-electron chi connectivity index (χ4n) is 2.58. The molecule has 0 unspecified atom stereocenters. The molecule has 1 saturated carbocycles. The second kappa shape index (κ2) is 4.27. The van der Waals surface area contributed by atoms with Crippen LogP contribution in [0.5, 0.6) is 0 Å². The number of hydrogen-bond donors (Lipinski definition) is 0. The van der Waals surface area contributed by atoms with Crippen LogP contribution in [0.2, 0.25) is 0 Å². The molecule has 0 bridgehead atoms. The van der Waals surface area contributed by atoms with Crippen molar-refractivity contribution in [2.45, 2.75) is 31.6 Å². The number of rotatable bonds is 2. The van der Waals surface area contributed by atoms with E-state index in [2.05, 4.69) is 6.58 Å². The Bertz CT molecular complexity index is 312. The van der Waals surface area contributed by atoms with Gasteiger partial charge in [-0.1, -0.05) is 12.7 Å². The quantitative estimate of drug-likeness (QED) is 0.700. The molecule has 0 aromatic rings. The predicted octanol–water partition coefficient (Wildman–Crippen LogP) is 2.82. The van der Waals surface area contributed by atoms with E-state index in [4.69, 9.17) is 4.74 Å². The lowest BCUT2D eigenvalue weighted by Gasteiger charge is -2.52. The number of halogens is 2. The molecule has 0 atom stereocenters. The Kier molecular flexibility index (Phi) is 3.10. The van der Waals surface area contributed by atoms with Gasteiger partial charge >= 0.3 is 6.09 Å². The molecule has 0 aromatic heterocycles. The number of ether oxygens (including phenoxy) is 1. The maximum absolute atomic E-state index is 13.0. The van der Waals surface area contributed by atoms with E-state index >= 15 is 0 Å². The first kappa shape index (κ1) is 12.3. The van der Waals surface area contributed by atoms with Crippen LogP contribution in [0.25, 0.3) is 0 Å². The van der Waals surface area contributed by atoms with Gasteiger partial charge in [-0.25, -0.2) is 13.6 Å². The molecule has 1 amide bonds. The summed E-state index contributed by atoms with van der Waals surface area (Å²) in [5, 5.41) is 0. The first-order valence-electron chi connectivity index (χ1n) is 5.87. The summed E-state index contributed by atoms with van der Waals surface area (Å²) in [6.45, 7) is 4.76. The lowest BCUT2D eigenvalue weighted by atomic mass is 9.68. The molecule has 2 aliphatic rings. The number of alkyl halides is 2. The first-order chi connectivity index (χ1) is 7.96. The molecule has 5 heteroatoms. The van der Waals surface area contributed by atoms with E-state index in [9.17, 15) is 13.6 Å². The Morgan fingerprint density at radius 2 is 1.88 bits per heavy atom. The van der Waals surface area contributed by atoms with Gasteiger partial charge < -0.3 is 9.64 Å². The molecule has 0 N–H and O–H groups in total. The number of nitrogens with zero attached hydrogens (tertiary/aromatic N) is 1. The van der Waals surface area contributed by atoms with E-state index in [0.29, 0.717) is 25.9 Å². The Hall–Kier alpha value is -1.13. The normalized spacial score (nSPS) is 25.2. The van der Waals surface area contributed by atoms with Crippen LogP contribution in [0.3, 0.4) is 0 Å². The molecule has 3 nitrogen and oxygen atoms in total. The van der Waals surface area contributed by atoms with E-state index in [1.165, 1.54) is 6.08 Å². The molecule has 1 spiro atoms. The van der Waals surface area contributed by atoms with Crippen LogP contribution in [-0.4, -0.2) is 36.6 Å². The van der Waals surface area contributed by atoms with Gasteiger partial charge in [0, 0.05) is 31.3 Å². The largest absolute Gasteiger partial charge is 0.445 e. The maximum atomic E-state index is 13.0. The summed E-state index contributed by atoms with van der Waals surface area (Å²) in [5.74, 6) is -2.50. The molecule has 96 valence electrons. The molecule has 2 rings (SSSR count). The van der Waals surface area contributed by atoms with Crippen LogP contribution in [-0.2, 0) is 4.74 Å². The van der Waals surface area contributed by atoms with Crippen LogP contribution in [0.4, 0.5) is 13.6 Å². The molecule has 1 aliphatic heterocycles. The Morgan fingerprint density at radius 1 is 1.29 bits per heavy atom. The predicted molar refractivity (Wildman–Crippen MR) is 59.0 cm³/mol. The smallest absolute Gasteiger partial charge is 0.410 e. The molecular weight excluding hydrogens is 228 g/mol. The summed E-state index contributed by atoms with van der Waals surface area (Å²) in [5.41, 5.74) is -0.0745. The van der Waals surface area contributed by atoms with Crippen LogP contribution in [0.15, 0.2) is 12.7 Å². The third-order valence-electron chi connectivity index (χ3n) is 3.68.